The zero-order valence-corrected chi connectivity index (χ0v) is 10.6. The van der Waals surface area contributed by atoms with Crippen LogP contribution in [0.2, 0.25) is 0 Å². The predicted octanol–water partition coefficient (Wildman–Crippen LogP) is 1.48. The van der Waals surface area contributed by atoms with E-state index in [9.17, 15) is 0 Å². The molecule has 1 aliphatic rings. The van der Waals surface area contributed by atoms with Crippen LogP contribution < -0.4 is 5.32 Å². The van der Waals surface area contributed by atoms with E-state index < -0.39 is 0 Å². The Bertz CT molecular complexity index is 175. The van der Waals surface area contributed by atoms with Crippen molar-refractivity contribution in [3.63, 3.8) is 0 Å². The molecule has 1 aliphatic heterocycles. The summed E-state index contributed by atoms with van der Waals surface area (Å²) < 4.78 is 5.53. The van der Waals surface area contributed by atoms with Gasteiger partial charge in [0.15, 0.2) is 0 Å². The second kappa shape index (κ2) is 6.46. The summed E-state index contributed by atoms with van der Waals surface area (Å²) in [6, 6.07) is 1.87. The van der Waals surface area contributed by atoms with Crippen LogP contribution >= 0.6 is 0 Å². The van der Waals surface area contributed by atoms with E-state index in [-0.39, 0.29) is 0 Å². The standard InChI is InChI=1S/C12H26N2O/c1-5-12-9-15-7-6-14(12)11(3)8-10(2)13-4/h10-13H,5-9H2,1-4H3. The average Bonchev–Trinajstić information content (AvgIpc) is 2.28. The molecule has 0 bridgehead atoms. The third-order valence-electron chi connectivity index (χ3n) is 3.50. The molecule has 1 fully saturated rings. The highest BCUT2D eigenvalue weighted by molar-refractivity contribution is 4.80. The van der Waals surface area contributed by atoms with Crippen molar-refractivity contribution in [3.05, 3.63) is 0 Å². The molecule has 1 saturated heterocycles. The second-order valence-corrected chi connectivity index (χ2v) is 4.65. The SMILES string of the molecule is CCC1COCCN1C(C)CC(C)NC. The van der Waals surface area contributed by atoms with Crippen LogP contribution in [0, 0.1) is 0 Å². The van der Waals surface area contributed by atoms with Crippen LogP contribution in [0.15, 0.2) is 0 Å². The van der Waals surface area contributed by atoms with E-state index >= 15 is 0 Å². The van der Waals surface area contributed by atoms with E-state index in [2.05, 4.69) is 31.0 Å². The van der Waals surface area contributed by atoms with Gasteiger partial charge in [0.25, 0.3) is 0 Å². The maximum absolute atomic E-state index is 5.53. The minimum Gasteiger partial charge on any atom is -0.378 e. The van der Waals surface area contributed by atoms with Gasteiger partial charge < -0.3 is 10.1 Å². The van der Waals surface area contributed by atoms with Gasteiger partial charge in [-0.2, -0.15) is 0 Å². The number of rotatable bonds is 5. The first kappa shape index (κ1) is 12.9. The molecule has 1 rings (SSSR count). The average molecular weight is 214 g/mol. The molecule has 0 aromatic rings. The summed E-state index contributed by atoms with van der Waals surface area (Å²) in [4.78, 5) is 2.61. The van der Waals surface area contributed by atoms with Gasteiger partial charge in [-0.3, -0.25) is 4.90 Å². The Hall–Kier alpha value is -0.120. The van der Waals surface area contributed by atoms with Crippen molar-refractivity contribution in [1.29, 1.82) is 0 Å². The Morgan fingerprint density at radius 3 is 2.80 bits per heavy atom. The highest BCUT2D eigenvalue weighted by Gasteiger charge is 2.26. The van der Waals surface area contributed by atoms with Gasteiger partial charge in [-0.15, -0.1) is 0 Å². The van der Waals surface area contributed by atoms with Crippen molar-refractivity contribution >= 4 is 0 Å². The van der Waals surface area contributed by atoms with E-state index in [1.165, 1.54) is 12.8 Å². The van der Waals surface area contributed by atoms with Crippen molar-refractivity contribution in [2.45, 2.75) is 51.7 Å². The molecule has 3 unspecified atom stereocenters. The first-order valence-electron chi connectivity index (χ1n) is 6.19. The molecular formula is C12H26N2O. The first-order valence-corrected chi connectivity index (χ1v) is 6.19. The molecule has 1 heterocycles. The molecule has 0 saturated carbocycles. The lowest BCUT2D eigenvalue weighted by atomic mass is 10.0. The van der Waals surface area contributed by atoms with E-state index in [0.29, 0.717) is 18.1 Å². The maximum Gasteiger partial charge on any atom is 0.0622 e. The number of ether oxygens (including phenoxy) is 1. The normalized spacial score (nSPS) is 27.6. The molecule has 0 radical (unpaired) electrons. The van der Waals surface area contributed by atoms with Gasteiger partial charge in [0, 0.05) is 24.7 Å². The van der Waals surface area contributed by atoms with E-state index in [0.717, 1.165) is 19.8 Å². The number of hydrogen-bond acceptors (Lipinski definition) is 3. The molecule has 3 nitrogen and oxygen atoms in total. The van der Waals surface area contributed by atoms with Crippen LogP contribution in [0.3, 0.4) is 0 Å². The van der Waals surface area contributed by atoms with Crippen LogP contribution in [0.5, 0.6) is 0 Å². The Morgan fingerprint density at radius 2 is 2.20 bits per heavy atom. The summed E-state index contributed by atoms with van der Waals surface area (Å²) in [7, 11) is 2.04. The number of hydrogen-bond donors (Lipinski definition) is 1. The third kappa shape index (κ3) is 3.74. The van der Waals surface area contributed by atoms with Gasteiger partial charge in [-0.25, -0.2) is 0 Å². The van der Waals surface area contributed by atoms with Crippen LogP contribution in [0.4, 0.5) is 0 Å². The molecule has 3 heteroatoms. The van der Waals surface area contributed by atoms with E-state index in [4.69, 9.17) is 4.74 Å². The lowest BCUT2D eigenvalue weighted by molar-refractivity contribution is -0.0292. The lowest BCUT2D eigenvalue weighted by Crippen LogP contribution is -2.50. The fraction of sp³-hybridized carbons (Fsp3) is 1.00. The van der Waals surface area contributed by atoms with Crippen LogP contribution in [-0.4, -0.2) is 49.8 Å². The molecule has 0 aliphatic carbocycles. The van der Waals surface area contributed by atoms with Crippen LogP contribution in [0.25, 0.3) is 0 Å². The molecule has 0 aromatic heterocycles. The summed E-state index contributed by atoms with van der Waals surface area (Å²) in [6.07, 6.45) is 2.41. The van der Waals surface area contributed by atoms with Gasteiger partial charge in [0.2, 0.25) is 0 Å². The quantitative estimate of drug-likeness (QED) is 0.750. The molecule has 0 amide bonds. The Labute approximate surface area is 94.2 Å². The smallest absolute Gasteiger partial charge is 0.0622 e. The number of morpholine rings is 1. The molecule has 90 valence electrons. The highest BCUT2D eigenvalue weighted by atomic mass is 16.5. The minimum absolute atomic E-state index is 0.598. The number of nitrogens with zero attached hydrogens (tertiary/aromatic N) is 1. The van der Waals surface area contributed by atoms with Crippen molar-refractivity contribution in [1.82, 2.24) is 10.2 Å². The summed E-state index contributed by atoms with van der Waals surface area (Å²) in [5.41, 5.74) is 0. The first-order chi connectivity index (χ1) is 7.19. The molecule has 0 aromatic carbocycles. The van der Waals surface area contributed by atoms with E-state index in [1.54, 1.807) is 0 Å². The van der Waals surface area contributed by atoms with Gasteiger partial charge in [-0.05, 0) is 33.7 Å². The van der Waals surface area contributed by atoms with E-state index in [1.807, 2.05) is 7.05 Å². The van der Waals surface area contributed by atoms with Crippen molar-refractivity contribution in [2.24, 2.45) is 0 Å². The van der Waals surface area contributed by atoms with Gasteiger partial charge >= 0.3 is 0 Å². The topological polar surface area (TPSA) is 24.5 Å². The Morgan fingerprint density at radius 1 is 1.47 bits per heavy atom. The number of nitrogens with one attached hydrogen (secondary N) is 1. The zero-order chi connectivity index (χ0) is 11.3. The third-order valence-corrected chi connectivity index (χ3v) is 3.50. The zero-order valence-electron chi connectivity index (χ0n) is 10.6. The second-order valence-electron chi connectivity index (χ2n) is 4.65. The van der Waals surface area contributed by atoms with Gasteiger partial charge in [0.1, 0.15) is 0 Å². The monoisotopic (exact) mass is 214 g/mol. The fourth-order valence-corrected chi connectivity index (χ4v) is 2.37. The van der Waals surface area contributed by atoms with Gasteiger partial charge in [0.05, 0.1) is 13.2 Å². The largest absolute Gasteiger partial charge is 0.378 e. The Kier molecular flexibility index (Phi) is 5.58. The lowest BCUT2D eigenvalue weighted by Gasteiger charge is -2.40. The summed E-state index contributed by atoms with van der Waals surface area (Å²) in [5, 5.41) is 3.31. The van der Waals surface area contributed by atoms with Gasteiger partial charge in [-0.1, -0.05) is 6.92 Å². The molecule has 1 N–H and O–H groups in total. The minimum atomic E-state index is 0.598. The summed E-state index contributed by atoms with van der Waals surface area (Å²) >= 11 is 0. The molecule has 0 spiro atoms. The van der Waals surface area contributed by atoms with Crippen molar-refractivity contribution < 1.29 is 4.74 Å². The highest BCUT2D eigenvalue weighted by Crippen LogP contribution is 2.16. The summed E-state index contributed by atoms with van der Waals surface area (Å²) in [5.74, 6) is 0. The maximum atomic E-state index is 5.53. The molecule has 3 atom stereocenters. The molecular weight excluding hydrogens is 188 g/mol. The van der Waals surface area contributed by atoms with Crippen molar-refractivity contribution in [2.75, 3.05) is 26.8 Å². The molecule has 15 heavy (non-hydrogen) atoms. The summed E-state index contributed by atoms with van der Waals surface area (Å²) in [6.45, 7) is 9.74. The van der Waals surface area contributed by atoms with Crippen molar-refractivity contribution in [3.8, 4) is 0 Å². The Balaban J connectivity index is 2.44. The van der Waals surface area contributed by atoms with Crippen LogP contribution in [-0.2, 0) is 4.74 Å². The predicted molar refractivity (Wildman–Crippen MR) is 64.2 cm³/mol. The fourth-order valence-electron chi connectivity index (χ4n) is 2.37. The van der Waals surface area contributed by atoms with Crippen LogP contribution in [0.1, 0.15) is 33.6 Å².